The molecular formula is C13H16Na2O4. The molecule has 94 valence electrons. The molecule has 6 heteroatoms. The molecule has 0 heterocycles. The molecule has 4 nitrogen and oxygen atoms in total. The Morgan fingerprint density at radius 1 is 0.947 bits per heavy atom. The van der Waals surface area contributed by atoms with E-state index >= 15 is 0 Å². The van der Waals surface area contributed by atoms with E-state index in [9.17, 15) is 9.59 Å². The van der Waals surface area contributed by atoms with Crippen LogP contribution in [-0.4, -0.2) is 81.3 Å². The van der Waals surface area contributed by atoms with Crippen molar-refractivity contribution in [2.24, 2.45) is 0 Å². The minimum absolute atomic E-state index is 0. The van der Waals surface area contributed by atoms with Crippen LogP contribution >= 0.6 is 0 Å². The number of benzene rings is 1. The van der Waals surface area contributed by atoms with Gasteiger partial charge < -0.3 is 10.2 Å². The van der Waals surface area contributed by atoms with Crippen LogP contribution in [0.3, 0.4) is 0 Å². The monoisotopic (exact) mass is 282 g/mol. The molecule has 0 spiro atoms. The van der Waals surface area contributed by atoms with Crippen LogP contribution in [0.15, 0.2) is 41.5 Å². The van der Waals surface area contributed by atoms with Gasteiger partial charge in [0.05, 0.1) is 5.57 Å². The molecule has 0 radical (unpaired) electrons. The Bertz CT molecular complexity index is 455. The average Bonchev–Trinajstić information content (AvgIpc) is 2.29. The van der Waals surface area contributed by atoms with E-state index in [-0.39, 0.29) is 83.1 Å². The van der Waals surface area contributed by atoms with E-state index in [1.54, 1.807) is 31.2 Å². The van der Waals surface area contributed by atoms with E-state index in [1.807, 2.05) is 6.07 Å². The van der Waals surface area contributed by atoms with Gasteiger partial charge in [0.1, 0.15) is 0 Å². The molecule has 0 aliphatic rings. The zero-order chi connectivity index (χ0) is 12.8. The summed E-state index contributed by atoms with van der Waals surface area (Å²) >= 11 is 0. The fraction of sp³-hybridized carbons (Fsp3) is 0.231. The van der Waals surface area contributed by atoms with Crippen LogP contribution in [0.25, 0.3) is 0 Å². The van der Waals surface area contributed by atoms with E-state index in [0.29, 0.717) is 0 Å². The Hall–Kier alpha value is -0.1000. The maximum atomic E-state index is 11.1. The van der Waals surface area contributed by atoms with Crippen molar-refractivity contribution in [2.75, 3.05) is 0 Å². The van der Waals surface area contributed by atoms with E-state index in [4.69, 9.17) is 10.2 Å². The van der Waals surface area contributed by atoms with Crippen LogP contribution in [0.4, 0.5) is 0 Å². The second kappa shape index (κ2) is 10.7. The van der Waals surface area contributed by atoms with Crippen molar-refractivity contribution in [2.45, 2.75) is 19.8 Å². The number of rotatable bonds is 5. The van der Waals surface area contributed by atoms with Gasteiger partial charge in [-0.25, -0.2) is 9.59 Å². The number of carboxylic acids is 2. The first kappa shape index (κ1) is 21.2. The van der Waals surface area contributed by atoms with Crippen LogP contribution in [0.5, 0.6) is 0 Å². The summed E-state index contributed by atoms with van der Waals surface area (Å²) in [6.45, 7) is 1.64. The first-order valence-electron chi connectivity index (χ1n) is 5.28. The topological polar surface area (TPSA) is 74.6 Å². The molecule has 0 aromatic heterocycles. The Morgan fingerprint density at radius 2 is 1.42 bits per heavy atom. The summed E-state index contributed by atoms with van der Waals surface area (Å²) in [6, 6.07) is 8.96. The van der Waals surface area contributed by atoms with Gasteiger partial charge in [0.2, 0.25) is 0 Å². The first-order valence-corrected chi connectivity index (χ1v) is 5.28. The van der Waals surface area contributed by atoms with E-state index in [0.717, 1.165) is 5.56 Å². The van der Waals surface area contributed by atoms with Gasteiger partial charge in [0.15, 0.2) is 0 Å². The van der Waals surface area contributed by atoms with Gasteiger partial charge in [-0.15, -0.1) is 0 Å². The molecule has 1 aromatic carbocycles. The van der Waals surface area contributed by atoms with Gasteiger partial charge in [-0.2, -0.15) is 0 Å². The molecule has 19 heavy (non-hydrogen) atoms. The summed E-state index contributed by atoms with van der Waals surface area (Å²) in [6.07, 6.45) is 0.329. The molecule has 0 saturated heterocycles. The molecule has 0 unspecified atom stereocenters. The number of aliphatic carboxylic acids is 2. The zero-order valence-corrected chi connectivity index (χ0v) is 9.51. The van der Waals surface area contributed by atoms with Crippen molar-refractivity contribution in [3.05, 3.63) is 47.0 Å². The van der Waals surface area contributed by atoms with Crippen LogP contribution < -0.4 is 0 Å². The van der Waals surface area contributed by atoms with Gasteiger partial charge in [-0.3, -0.25) is 0 Å². The van der Waals surface area contributed by atoms with Gasteiger partial charge in [-0.05, 0) is 12.0 Å². The predicted molar refractivity (Wildman–Crippen MR) is 77.0 cm³/mol. The van der Waals surface area contributed by atoms with Crippen molar-refractivity contribution in [3.8, 4) is 0 Å². The van der Waals surface area contributed by atoms with Crippen molar-refractivity contribution < 1.29 is 19.8 Å². The fourth-order valence-corrected chi connectivity index (χ4v) is 1.61. The molecule has 1 rings (SSSR count). The Balaban J connectivity index is 0. The van der Waals surface area contributed by atoms with Crippen molar-refractivity contribution in [3.63, 3.8) is 0 Å². The number of carbonyl (C=O) groups is 2. The molecule has 0 amide bonds. The van der Waals surface area contributed by atoms with E-state index in [2.05, 4.69) is 0 Å². The fourth-order valence-electron chi connectivity index (χ4n) is 1.61. The second-order valence-corrected chi connectivity index (χ2v) is 3.58. The molecule has 0 aliphatic heterocycles. The van der Waals surface area contributed by atoms with Crippen LogP contribution in [0, 0.1) is 0 Å². The van der Waals surface area contributed by atoms with Gasteiger partial charge in [0, 0.05) is 12.0 Å². The molecule has 0 bridgehead atoms. The number of hydrogen-bond acceptors (Lipinski definition) is 2. The van der Waals surface area contributed by atoms with Crippen molar-refractivity contribution in [1.82, 2.24) is 0 Å². The molecular weight excluding hydrogens is 266 g/mol. The summed E-state index contributed by atoms with van der Waals surface area (Å²) < 4.78 is 0. The zero-order valence-electron chi connectivity index (χ0n) is 9.51. The van der Waals surface area contributed by atoms with Crippen molar-refractivity contribution in [1.29, 1.82) is 0 Å². The molecule has 1 aromatic rings. The summed E-state index contributed by atoms with van der Waals surface area (Å²) in [5.41, 5.74) is 0.699. The Morgan fingerprint density at radius 3 is 1.79 bits per heavy atom. The molecule has 0 aliphatic carbocycles. The van der Waals surface area contributed by atoms with E-state index < -0.39 is 11.9 Å². The average molecular weight is 282 g/mol. The van der Waals surface area contributed by atoms with Crippen molar-refractivity contribution >= 4 is 71.1 Å². The normalized spacial score (nSPS) is 10.6. The molecule has 0 atom stereocenters. The quantitative estimate of drug-likeness (QED) is 0.619. The van der Waals surface area contributed by atoms with Crippen LogP contribution in [0.2, 0.25) is 0 Å². The third-order valence-electron chi connectivity index (χ3n) is 2.46. The molecule has 0 saturated carbocycles. The number of hydrogen-bond donors (Lipinski definition) is 2. The summed E-state index contributed by atoms with van der Waals surface area (Å²) in [5, 5.41) is 18.0. The van der Waals surface area contributed by atoms with Crippen LogP contribution in [0.1, 0.15) is 18.9 Å². The summed E-state index contributed by atoms with van der Waals surface area (Å²) in [7, 11) is 0. The molecule has 2 N–H and O–H groups in total. The van der Waals surface area contributed by atoms with Gasteiger partial charge in [0.25, 0.3) is 0 Å². The number of carboxylic acid groups (broad SMARTS) is 2. The second-order valence-electron chi connectivity index (χ2n) is 3.58. The first-order chi connectivity index (χ1) is 8.06. The summed E-state index contributed by atoms with van der Waals surface area (Å²) in [5.74, 6) is -2.34. The van der Waals surface area contributed by atoms with Crippen LogP contribution in [-0.2, 0) is 16.0 Å². The summed E-state index contributed by atoms with van der Waals surface area (Å²) in [4.78, 5) is 22.0. The van der Waals surface area contributed by atoms with Gasteiger partial charge in [-0.1, -0.05) is 37.3 Å². The Kier molecular flexibility index (Phi) is 11.9. The maximum absolute atomic E-state index is 11.1. The molecule has 0 fully saturated rings. The van der Waals surface area contributed by atoms with E-state index in [1.165, 1.54) is 0 Å². The standard InChI is InChI=1S/C13H14O4.2Na.2H/c1-2-10(12(14)15)11(13(16)17)8-9-6-4-3-5-7-9;;;;/h3-7H,2,8H2,1H3,(H,14,15)(H,16,17);;;;/b11-10-;;;;. The third kappa shape index (κ3) is 6.75. The SMILES string of the molecule is CC/C(C(=O)O)=C(\Cc1ccccc1)C(=O)O.[NaH].[NaH]. The minimum atomic E-state index is -1.17. The Labute approximate surface area is 156 Å². The van der Waals surface area contributed by atoms with Gasteiger partial charge >= 0.3 is 71.1 Å². The predicted octanol–water partition coefficient (Wildman–Crippen LogP) is 0.808. The third-order valence-corrected chi connectivity index (χ3v) is 2.46.